The number of hydrogen-bond acceptors (Lipinski definition) is 5. The third kappa shape index (κ3) is 3.97. The largest absolute Gasteiger partial charge is 0.496 e. The Morgan fingerprint density at radius 2 is 1.82 bits per heavy atom. The molecule has 1 aromatic rings. The van der Waals surface area contributed by atoms with Gasteiger partial charge in [-0.3, -0.25) is 0 Å². The van der Waals surface area contributed by atoms with E-state index in [0.29, 0.717) is 17.1 Å². The Morgan fingerprint density at radius 1 is 1.24 bits per heavy atom. The van der Waals surface area contributed by atoms with Crippen molar-refractivity contribution in [2.24, 2.45) is 0 Å². The third-order valence-electron chi connectivity index (χ3n) is 2.11. The molecule has 0 heterocycles. The van der Waals surface area contributed by atoms with Crippen LogP contribution in [0.15, 0.2) is 17.0 Å². The minimum atomic E-state index is -3.62. The van der Waals surface area contributed by atoms with E-state index in [1.54, 1.807) is 12.1 Å². The van der Waals surface area contributed by atoms with E-state index in [-0.39, 0.29) is 5.75 Å². The minimum absolute atomic E-state index is 0.289. The molecule has 0 atom stereocenters. The zero-order valence-corrected chi connectivity index (χ0v) is 12.1. The van der Waals surface area contributed by atoms with Gasteiger partial charge in [0.1, 0.15) is 11.5 Å². The van der Waals surface area contributed by atoms with E-state index in [9.17, 15) is 8.42 Å². The first-order valence-electron chi connectivity index (χ1n) is 4.62. The fraction of sp³-hybridized carbons (Fsp3) is 0.400. The van der Waals surface area contributed by atoms with Gasteiger partial charge in [0.25, 0.3) is 0 Å². The van der Waals surface area contributed by atoms with Crippen molar-refractivity contribution in [2.45, 2.75) is 10.6 Å². The average Bonchev–Trinajstić information content (AvgIpc) is 2.26. The number of hydrogen-bond donors (Lipinski definition) is 0. The number of thioether (sulfide) groups is 1. The van der Waals surface area contributed by atoms with Crippen LogP contribution in [0.3, 0.4) is 0 Å². The van der Waals surface area contributed by atoms with Gasteiger partial charge in [-0.15, -0.1) is 11.8 Å². The lowest BCUT2D eigenvalue weighted by Gasteiger charge is -2.12. The monoisotopic (exact) mass is 296 g/mol. The maximum atomic E-state index is 11.1. The number of rotatable bonds is 5. The summed E-state index contributed by atoms with van der Waals surface area (Å²) in [6.45, 7) is 0. The van der Waals surface area contributed by atoms with Gasteiger partial charge in [0.2, 0.25) is 9.05 Å². The van der Waals surface area contributed by atoms with Crippen LogP contribution in [0.4, 0.5) is 0 Å². The Balaban J connectivity index is 3.28. The van der Waals surface area contributed by atoms with Crippen molar-refractivity contribution in [3.05, 3.63) is 17.7 Å². The topological polar surface area (TPSA) is 52.6 Å². The molecule has 0 saturated heterocycles. The van der Waals surface area contributed by atoms with Gasteiger partial charge in [-0.2, -0.15) is 0 Å². The molecule has 96 valence electrons. The molecule has 17 heavy (non-hydrogen) atoms. The van der Waals surface area contributed by atoms with E-state index in [2.05, 4.69) is 0 Å². The summed E-state index contributed by atoms with van der Waals surface area (Å²) in [6, 6.07) is 3.37. The van der Waals surface area contributed by atoms with Crippen molar-refractivity contribution in [3.8, 4) is 11.5 Å². The molecule has 0 amide bonds. The van der Waals surface area contributed by atoms with Gasteiger partial charge in [-0.05, 0) is 18.4 Å². The first-order chi connectivity index (χ1) is 7.91. The molecule has 0 spiro atoms. The second kappa shape index (κ2) is 5.84. The number of ether oxygens (including phenoxy) is 2. The number of benzene rings is 1. The highest BCUT2D eigenvalue weighted by molar-refractivity contribution is 8.13. The Hall–Kier alpha value is -0.590. The molecule has 0 aliphatic rings. The summed E-state index contributed by atoms with van der Waals surface area (Å²) in [5, 5.41) is 0. The highest BCUT2D eigenvalue weighted by Gasteiger charge is 2.15. The average molecular weight is 297 g/mol. The van der Waals surface area contributed by atoms with E-state index in [0.717, 1.165) is 4.90 Å². The van der Waals surface area contributed by atoms with Crippen LogP contribution in [0, 0.1) is 0 Å². The summed E-state index contributed by atoms with van der Waals surface area (Å²) in [5.41, 5.74) is 0.483. The van der Waals surface area contributed by atoms with Crippen molar-refractivity contribution >= 4 is 31.5 Å². The van der Waals surface area contributed by atoms with E-state index in [4.69, 9.17) is 20.2 Å². The van der Waals surface area contributed by atoms with Crippen LogP contribution in [0.1, 0.15) is 5.56 Å². The van der Waals surface area contributed by atoms with Crippen molar-refractivity contribution in [1.82, 2.24) is 0 Å². The zero-order valence-electron chi connectivity index (χ0n) is 9.69. The highest BCUT2D eigenvalue weighted by atomic mass is 35.7. The van der Waals surface area contributed by atoms with Crippen molar-refractivity contribution in [3.63, 3.8) is 0 Å². The normalized spacial score (nSPS) is 11.3. The molecule has 1 aromatic carbocycles. The molecular formula is C10H13ClO4S2. The predicted octanol–water partition coefficient (Wildman–Crippen LogP) is 2.49. The lowest BCUT2D eigenvalue weighted by atomic mass is 10.2. The summed E-state index contributed by atoms with van der Waals surface area (Å²) >= 11 is 1.49. The van der Waals surface area contributed by atoms with Gasteiger partial charge in [0, 0.05) is 16.2 Å². The second-order valence-corrected chi connectivity index (χ2v) is 6.83. The highest BCUT2D eigenvalue weighted by Crippen LogP contribution is 2.35. The molecule has 0 radical (unpaired) electrons. The fourth-order valence-corrected chi connectivity index (χ4v) is 2.91. The quantitative estimate of drug-likeness (QED) is 0.617. The number of methoxy groups -OCH3 is 2. The van der Waals surface area contributed by atoms with Crippen LogP contribution in [-0.2, 0) is 14.8 Å². The summed E-state index contributed by atoms with van der Waals surface area (Å²) in [6.07, 6.45) is 1.90. The molecule has 0 unspecified atom stereocenters. The number of halogens is 1. The Kier molecular flexibility index (Phi) is 4.97. The van der Waals surface area contributed by atoms with E-state index >= 15 is 0 Å². The summed E-state index contributed by atoms with van der Waals surface area (Å²) in [7, 11) is 4.62. The molecule has 4 nitrogen and oxygen atoms in total. The summed E-state index contributed by atoms with van der Waals surface area (Å²) in [4.78, 5) is 0.875. The van der Waals surface area contributed by atoms with Crippen LogP contribution in [0.2, 0.25) is 0 Å². The predicted molar refractivity (Wildman–Crippen MR) is 69.8 cm³/mol. The van der Waals surface area contributed by atoms with Crippen LogP contribution in [-0.4, -0.2) is 28.9 Å². The van der Waals surface area contributed by atoms with Gasteiger partial charge in [-0.1, -0.05) is 0 Å². The fourth-order valence-electron chi connectivity index (χ4n) is 1.39. The van der Waals surface area contributed by atoms with Gasteiger partial charge >= 0.3 is 0 Å². The Bertz CT molecular complexity index is 499. The minimum Gasteiger partial charge on any atom is -0.496 e. The molecule has 7 heteroatoms. The van der Waals surface area contributed by atoms with Crippen LogP contribution >= 0.6 is 22.4 Å². The van der Waals surface area contributed by atoms with Crippen molar-refractivity contribution < 1.29 is 17.9 Å². The first kappa shape index (κ1) is 14.5. The van der Waals surface area contributed by atoms with Gasteiger partial charge in [0.05, 0.1) is 24.9 Å². The van der Waals surface area contributed by atoms with Crippen molar-refractivity contribution in [1.29, 1.82) is 0 Å². The Morgan fingerprint density at radius 3 is 2.24 bits per heavy atom. The molecule has 1 rings (SSSR count). The molecule has 0 bridgehead atoms. The molecule has 0 aliphatic heterocycles. The van der Waals surface area contributed by atoms with Crippen molar-refractivity contribution in [2.75, 3.05) is 20.5 Å². The molecular weight excluding hydrogens is 284 g/mol. The lowest BCUT2D eigenvalue weighted by Crippen LogP contribution is -2.00. The lowest BCUT2D eigenvalue weighted by molar-refractivity contribution is 0.391. The van der Waals surface area contributed by atoms with Gasteiger partial charge < -0.3 is 9.47 Å². The molecule has 0 saturated carbocycles. The smallest absolute Gasteiger partial charge is 0.236 e. The van der Waals surface area contributed by atoms with Gasteiger partial charge in [-0.25, -0.2) is 8.42 Å². The van der Waals surface area contributed by atoms with E-state index < -0.39 is 9.05 Å². The van der Waals surface area contributed by atoms with E-state index in [1.165, 1.54) is 26.0 Å². The van der Waals surface area contributed by atoms with Crippen LogP contribution < -0.4 is 9.47 Å². The van der Waals surface area contributed by atoms with E-state index in [1.807, 2.05) is 6.26 Å². The SMILES string of the molecule is COc1cc(SC)c(OC)cc1CS(=O)(=O)Cl. The third-order valence-corrected chi connectivity index (χ3v) is 3.86. The summed E-state index contributed by atoms with van der Waals surface area (Å²) < 4.78 is 32.5. The van der Waals surface area contributed by atoms with Gasteiger partial charge in [0.15, 0.2) is 0 Å². The maximum Gasteiger partial charge on any atom is 0.236 e. The second-order valence-electron chi connectivity index (χ2n) is 3.20. The zero-order chi connectivity index (χ0) is 13.1. The molecule has 0 aromatic heterocycles. The first-order valence-corrected chi connectivity index (χ1v) is 8.32. The standard InChI is InChI=1S/C10H13ClO4S2/c1-14-8-5-10(16-3)9(15-2)4-7(8)6-17(11,12)13/h4-5H,6H2,1-3H3. The van der Waals surface area contributed by atoms with Crippen LogP contribution in [0.25, 0.3) is 0 Å². The maximum absolute atomic E-state index is 11.1. The Labute approximate surface area is 110 Å². The van der Waals surface area contributed by atoms with Crippen LogP contribution in [0.5, 0.6) is 11.5 Å². The summed E-state index contributed by atoms with van der Waals surface area (Å²) in [5.74, 6) is 0.802. The molecule has 0 fully saturated rings. The molecule has 0 N–H and O–H groups in total. The molecule has 0 aliphatic carbocycles.